The Kier molecular flexibility index (Phi) is 6.01. The number of aromatic nitrogens is 2. The maximum absolute atomic E-state index is 14.1. The van der Waals surface area contributed by atoms with Crippen LogP contribution in [-0.4, -0.2) is 35.7 Å². The Morgan fingerprint density at radius 3 is 2.42 bits per heavy atom. The summed E-state index contributed by atoms with van der Waals surface area (Å²) < 4.78 is 38.3. The maximum Gasteiger partial charge on any atom is 0.322 e. The van der Waals surface area contributed by atoms with Crippen LogP contribution in [0.4, 0.5) is 14.5 Å². The van der Waals surface area contributed by atoms with Crippen molar-refractivity contribution in [1.82, 2.24) is 10.1 Å². The van der Waals surface area contributed by atoms with Gasteiger partial charge in [0, 0.05) is 35.0 Å². The van der Waals surface area contributed by atoms with Crippen molar-refractivity contribution in [2.24, 2.45) is 22.7 Å². The highest BCUT2D eigenvalue weighted by atomic mass is 79.9. The van der Waals surface area contributed by atoms with Gasteiger partial charge in [0.25, 0.3) is 5.89 Å². The van der Waals surface area contributed by atoms with E-state index in [1.165, 1.54) is 7.11 Å². The molecule has 1 aromatic heterocycles. The number of hydrogen-bond acceptors (Lipinski definition) is 6. The lowest BCUT2D eigenvalue weighted by atomic mass is 9.53. The minimum atomic E-state index is -3.16. The van der Waals surface area contributed by atoms with E-state index in [0.717, 1.165) is 68.5 Å². The van der Waals surface area contributed by atoms with Gasteiger partial charge in [-0.1, -0.05) is 27.2 Å². The van der Waals surface area contributed by atoms with Crippen LogP contribution >= 0.6 is 15.9 Å². The number of benzene rings is 1. The number of methoxy groups -OCH3 is 1. The number of esters is 1. The Balaban J connectivity index is 1.23. The molecular weight excluding hydrogens is 560 g/mol. The van der Waals surface area contributed by atoms with Gasteiger partial charge in [-0.15, -0.1) is 0 Å². The number of halogens is 3. The minimum Gasteiger partial charge on any atom is -0.469 e. The average Bonchev–Trinajstić information content (AvgIpc) is 3.62. The molecule has 1 atom stereocenters. The van der Waals surface area contributed by atoms with Crippen molar-refractivity contribution in [3.05, 3.63) is 40.5 Å². The summed E-state index contributed by atoms with van der Waals surface area (Å²) in [5.41, 5.74) is -0.0679. The molecule has 6 aliphatic carbocycles. The fourth-order valence-electron chi connectivity index (χ4n) is 7.67. The molecule has 204 valence electrons. The number of nitrogens with zero attached hydrogens (tertiary/aromatic N) is 3. The van der Waals surface area contributed by atoms with Gasteiger partial charge in [-0.3, -0.25) is 9.59 Å². The van der Waals surface area contributed by atoms with E-state index in [1.807, 2.05) is 29.2 Å². The SMILES string of the molecule is COC(=O)C12CC(C1)C(C(=O)N(CC13CCC(c4noc(C(C)(F)F)n4)(CC1)CC3)c1cccc(Br)c1)C2. The highest BCUT2D eigenvalue weighted by Crippen LogP contribution is 2.63. The third-order valence-electron chi connectivity index (χ3n) is 9.98. The highest BCUT2D eigenvalue weighted by molar-refractivity contribution is 9.10. The van der Waals surface area contributed by atoms with E-state index in [9.17, 15) is 18.4 Å². The molecule has 1 aromatic carbocycles. The van der Waals surface area contributed by atoms with Gasteiger partial charge in [0.1, 0.15) is 0 Å². The standard InChI is InChI=1S/C28H32BrF2N3O4/c1-25(30,31)23-32-22(33-38-23)27-9-6-26(7-10-27,8-11-27)16-34(19-5-3-4-18(29)12-19)21(35)20-15-28(24(36)37-2)13-17(20)14-28/h3-5,12,17,20H,6-11,13-16H2,1-2H3. The molecule has 0 aliphatic heterocycles. The summed E-state index contributed by atoms with van der Waals surface area (Å²) in [4.78, 5) is 32.6. The summed E-state index contributed by atoms with van der Waals surface area (Å²) in [6.45, 7) is 1.36. The van der Waals surface area contributed by atoms with E-state index in [4.69, 9.17) is 9.26 Å². The van der Waals surface area contributed by atoms with Crippen molar-refractivity contribution in [2.45, 2.75) is 76.0 Å². The van der Waals surface area contributed by atoms with Crippen LogP contribution < -0.4 is 4.90 Å². The fraction of sp³-hybridized carbons (Fsp3) is 0.643. The first-order valence-electron chi connectivity index (χ1n) is 13.4. The maximum atomic E-state index is 14.1. The number of carbonyl (C=O) groups excluding carboxylic acids is 2. The van der Waals surface area contributed by atoms with Gasteiger partial charge in [0.15, 0.2) is 5.82 Å². The molecule has 0 N–H and O–H groups in total. The topological polar surface area (TPSA) is 85.5 Å². The summed E-state index contributed by atoms with van der Waals surface area (Å²) in [6.07, 6.45) is 6.90. The van der Waals surface area contributed by atoms with Crippen molar-refractivity contribution in [3.63, 3.8) is 0 Å². The molecule has 0 saturated heterocycles. The normalized spacial score (nSPS) is 33.6. The predicted molar refractivity (Wildman–Crippen MR) is 137 cm³/mol. The number of fused-ring (bicyclic) bond motifs is 4. The lowest BCUT2D eigenvalue weighted by Gasteiger charge is -2.53. The van der Waals surface area contributed by atoms with Crippen LogP contribution in [-0.2, 0) is 25.7 Å². The van der Waals surface area contributed by atoms with Crippen molar-refractivity contribution in [3.8, 4) is 0 Å². The highest BCUT2D eigenvalue weighted by Gasteiger charge is 2.63. The quantitative estimate of drug-likeness (QED) is 0.358. The molecule has 2 aromatic rings. The Bertz CT molecular complexity index is 1240. The van der Waals surface area contributed by atoms with Gasteiger partial charge >= 0.3 is 11.9 Å². The third-order valence-corrected chi connectivity index (χ3v) is 10.5. The smallest absolute Gasteiger partial charge is 0.322 e. The van der Waals surface area contributed by atoms with Crippen molar-refractivity contribution >= 4 is 33.5 Å². The number of amides is 1. The van der Waals surface area contributed by atoms with E-state index in [1.54, 1.807) is 0 Å². The zero-order valence-electron chi connectivity index (χ0n) is 21.6. The average molecular weight is 592 g/mol. The molecular formula is C28H32BrF2N3O4. The third kappa shape index (κ3) is 4.09. The number of hydrogen-bond donors (Lipinski definition) is 0. The number of carbonyl (C=O) groups is 2. The van der Waals surface area contributed by atoms with Crippen molar-refractivity contribution in [2.75, 3.05) is 18.6 Å². The van der Waals surface area contributed by atoms with Gasteiger partial charge in [-0.25, -0.2) is 0 Å². The molecule has 6 fully saturated rings. The Morgan fingerprint density at radius 1 is 1.16 bits per heavy atom. The molecule has 0 spiro atoms. The molecule has 1 unspecified atom stereocenters. The van der Waals surface area contributed by atoms with E-state index in [0.29, 0.717) is 18.8 Å². The minimum absolute atomic E-state index is 0.0669. The first-order chi connectivity index (χ1) is 18.0. The van der Waals surface area contributed by atoms with Crippen LogP contribution in [0.1, 0.15) is 76.4 Å². The summed E-state index contributed by atoms with van der Waals surface area (Å²) in [7, 11) is 1.42. The van der Waals surface area contributed by atoms with Crippen molar-refractivity contribution in [1.29, 1.82) is 0 Å². The second kappa shape index (κ2) is 8.83. The van der Waals surface area contributed by atoms with E-state index < -0.39 is 17.2 Å². The number of rotatable bonds is 7. The molecule has 6 aliphatic rings. The second-order valence-electron chi connectivity index (χ2n) is 12.2. The first-order valence-corrected chi connectivity index (χ1v) is 14.2. The van der Waals surface area contributed by atoms with E-state index >= 15 is 0 Å². The largest absolute Gasteiger partial charge is 0.469 e. The fourth-order valence-corrected chi connectivity index (χ4v) is 8.05. The van der Waals surface area contributed by atoms with E-state index in [2.05, 4.69) is 26.1 Å². The lowest BCUT2D eigenvalue weighted by molar-refractivity contribution is -0.157. The molecule has 10 heteroatoms. The molecule has 6 saturated carbocycles. The van der Waals surface area contributed by atoms with Crippen LogP contribution in [0.2, 0.25) is 0 Å². The molecule has 8 rings (SSSR count). The molecule has 1 amide bonds. The van der Waals surface area contributed by atoms with Gasteiger partial charge in [0.05, 0.1) is 12.5 Å². The lowest BCUT2D eigenvalue weighted by Crippen LogP contribution is -2.52. The summed E-state index contributed by atoms with van der Waals surface area (Å²) in [5.74, 6) is -3.49. The summed E-state index contributed by atoms with van der Waals surface area (Å²) in [6, 6.07) is 7.83. The second-order valence-corrected chi connectivity index (χ2v) is 13.2. The van der Waals surface area contributed by atoms with Gasteiger partial charge in [-0.2, -0.15) is 13.8 Å². The monoisotopic (exact) mass is 591 g/mol. The molecule has 7 nitrogen and oxygen atoms in total. The molecule has 1 heterocycles. The Morgan fingerprint density at radius 2 is 1.84 bits per heavy atom. The Hall–Kier alpha value is -2.36. The van der Waals surface area contributed by atoms with Gasteiger partial charge in [-0.05, 0) is 87.3 Å². The van der Waals surface area contributed by atoms with Crippen LogP contribution in [0.25, 0.3) is 0 Å². The van der Waals surface area contributed by atoms with Gasteiger partial charge in [0.2, 0.25) is 5.91 Å². The molecule has 0 radical (unpaired) electrons. The number of alkyl halides is 2. The number of anilines is 1. The molecule has 4 bridgehead atoms. The zero-order valence-corrected chi connectivity index (χ0v) is 23.2. The van der Waals surface area contributed by atoms with Crippen LogP contribution in [0.3, 0.4) is 0 Å². The molecule has 38 heavy (non-hydrogen) atoms. The summed E-state index contributed by atoms with van der Waals surface area (Å²) in [5, 5.41) is 3.96. The Labute approximate surface area is 228 Å². The van der Waals surface area contributed by atoms with Gasteiger partial charge < -0.3 is 14.2 Å². The zero-order chi connectivity index (χ0) is 26.9. The predicted octanol–water partition coefficient (Wildman–Crippen LogP) is 6.16. The van der Waals surface area contributed by atoms with Crippen LogP contribution in [0.15, 0.2) is 33.3 Å². The number of ether oxygens (including phenoxy) is 1. The van der Waals surface area contributed by atoms with Crippen LogP contribution in [0, 0.1) is 22.7 Å². The van der Waals surface area contributed by atoms with Crippen LogP contribution in [0.5, 0.6) is 0 Å². The van der Waals surface area contributed by atoms with Crippen molar-refractivity contribution < 1.29 is 27.6 Å². The van der Waals surface area contributed by atoms with E-state index in [-0.39, 0.29) is 34.5 Å². The first kappa shape index (κ1) is 25.9. The summed E-state index contributed by atoms with van der Waals surface area (Å²) >= 11 is 3.56.